The number of methoxy groups -OCH3 is 1. The number of aryl methyl sites for hydroxylation is 1. The highest BCUT2D eigenvalue weighted by molar-refractivity contribution is 6.01. The van der Waals surface area contributed by atoms with Gasteiger partial charge in [-0.15, -0.1) is 0 Å². The lowest BCUT2D eigenvalue weighted by Crippen LogP contribution is -2.47. The molecule has 0 spiro atoms. The predicted molar refractivity (Wildman–Crippen MR) is 120 cm³/mol. The lowest BCUT2D eigenvalue weighted by atomic mass is 10.0. The maximum Gasteiger partial charge on any atom is 0.254 e. The van der Waals surface area contributed by atoms with Crippen LogP contribution in [-0.2, 0) is 4.79 Å². The molecule has 7 heteroatoms. The first-order valence-electron chi connectivity index (χ1n) is 10.4. The van der Waals surface area contributed by atoms with Crippen molar-refractivity contribution in [3.63, 3.8) is 0 Å². The summed E-state index contributed by atoms with van der Waals surface area (Å²) in [4.78, 5) is 41.6. The molecule has 2 amide bonds. The van der Waals surface area contributed by atoms with Gasteiger partial charge in [-0.25, -0.2) is 0 Å². The van der Waals surface area contributed by atoms with E-state index in [-0.39, 0.29) is 30.4 Å². The van der Waals surface area contributed by atoms with Crippen molar-refractivity contribution in [3.05, 3.63) is 59.2 Å². The van der Waals surface area contributed by atoms with Crippen molar-refractivity contribution < 1.29 is 19.1 Å². The van der Waals surface area contributed by atoms with Crippen LogP contribution < -0.4 is 10.1 Å². The first-order valence-corrected chi connectivity index (χ1v) is 10.4. The molecule has 0 saturated carbocycles. The van der Waals surface area contributed by atoms with Crippen LogP contribution in [0.1, 0.15) is 39.1 Å². The Hall–Kier alpha value is -3.19. The summed E-state index contributed by atoms with van der Waals surface area (Å²) in [5, 5.41) is 2.79. The second-order valence-corrected chi connectivity index (χ2v) is 7.85. The summed E-state index contributed by atoms with van der Waals surface area (Å²) < 4.78 is 5.33. The standard InChI is InChI=1S/C24H29N3O4/c1-17-4-6-18(7-5-17)21(28)9-11-23(29)25-20-16-19(8-10-22(20)31-3)24(30)27-14-12-26(2)13-15-27/h4-8,10,16H,9,11-15H2,1-3H3,(H,25,29). The zero-order valence-corrected chi connectivity index (χ0v) is 18.3. The summed E-state index contributed by atoms with van der Waals surface area (Å²) in [5.41, 5.74) is 2.59. The highest BCUT2D eigenvalue weighted by Gasteiger charge is 2.21. The summed E-state index contributed by atoms with van der Waals surface area (Å²) in [7, 11) is 3.54. The van der Waals surface area contributed by atoms with Gasteiger partial charge in [0, 0.05) is 50.1 Å². The van der Waals surface area contributed by atoms with Gasteiger partial charge in [0.1, 0.15) is 5.75 Å². The smallest absolute Gasteiger partial charge is 0.254 e. The van der Waals surface area contributed by atoms with Crippen LogP contribution in [-0.4, -0.2) is 67.7 Å². The van der Waals surface area contributed by atoms with E-state index in [1.54, 1.807) is 30.3 Å². The molecule has 164 valence electrons. The monoisotopic (exact) mass is 423 g/mol. The van der Waals surface area contributed by atoms with E-state index in [0.29, 0.717) is 35.7 Å². The molecule has 0 aliphatic carbocycles. The number of nitrogens with zero attached hydrogens (tertiary/aromatic N) is 2. The van der Waals surface area contributed by atoms with E-state index in [2.05, 4.69) is 10.2 Å². The molecule has 1 aliphatic heterocycles. The van der Waals surface area contributed by atoms with Gasteiger partial charge < -0.3 is 19.9 Å². The van der Waals surface area contributed by atoms with Crippen molar-refractivity contribution in [2.75, 3.05) is 45.7 Å². The Labute approximate surface area is 183 Å². The van der Waals surface area contributed by atoms with Gasteiger partial charge in [-0.2, -0.15) is 0 Å². The number of hydrogen-bond acceptors (Lipinski definition) is 5. The van der Waals surface area contributed by atoms with E-state index in [1.807, 2.05) is 31.0 Å². The zero-order chi connectivity index (χ0) is 22.4. The maximum atomic E-state index is 12.8. The van der Waals surface area contributed by atoms with E-state index in [9.17, 15) is 14.4 Å². The molecule has 0 atom stereocenters. The molecular formula is C24H29N3O4. The van der Waals surface area contributed by atoms with Crippen molar-refractivity contribution in [2.45, 2.75) is 19.8 Å². The van der Waals surface area contributed by atoms with Crippen molar-refractivity contribution >= 4 is 23.3 Å². The number of likely N-dealkylation sites (N-methyl/N-ethyl adjacent to an activating group) is 1. The molecule has 1 N–H and O–H groups in total. The Bertz CT molecular complexity index is 948. The number of Topliss-reactive ketones (excluding diaryl/α,β-unsaturated/α-hetero) is 1. The first kappa shape index (κ1) is 22.5. The summed E-state index contributed by atoms with van der Waals surface area (Å²) in [6.45, 7) is 4.97. The third-order valence-corrected chi connectivity index (χ3v) is 5.46. The minimum Gasteiger partial charge on any atom is -0.495 e. The van der Waals surface area contributed by atoms with Gasteiger partial charge >= 0.3 is 0 Å². The number of ketones is 1. The second kappa shape index (κ2) is 10.2. The number of piperazine rings is 1. The molecule has 3 rings (SSSR count). The van der Waals surface area contributed by atoms with Crippen molar-refractivity contribution in [2.24, 2.45) is 0 Å². The lowest BCUT2D eigenvalue weighted by molar-refractivity contribution is -0.116. The highest BCUT2D eigenvalue weighted by Crippen LogP contribution is 2.26. The fraction of sp³-hybridized carbons (Fsp3) is 0.375. The molecule has 1 fully saturated rings. The third-order valence-electron chi connectivity index (χ3n) is 5.46. The minimum atomic E-state index is -0.303. The molecule has 2 aromatic carbocycles. The van der Waals surface area contributed by atoms with Crippen LogP contribution in [0.25, 0.3) is 0 Å². The number of benzene rings is 2. The van der Waals surface area contributed by atoms with Crippen LogP contribution in [0.3, 0.4) is 0 Å². The van der Waals surface area contributed by atoms with Crippen LogP contribution in [0.15, 0.2) is 42.5 Å². The van der Waals surface area contributed by atoms with Gasteiger partial charge in [0.25, 0.3) is 5.91 Å². The second-order valence-electron chi connectivity index (χ2n) is 7.85. The zero-order valence-electron chi connectivity index (χ0n) is 18.3. The summed E-state index contributed by atoms with van der Waals surface area (Å²) in [5.74, 6) is 0.0120. The quantitative estimate of drug-likeness (QED) is 0.693. The topological polar surface area (TPSA) is 79.0 Å². The minimum absolute atomic E-state index is 0.0481. The predicted octanol–water partition coefficient (Wildman–Crippen LogP) is 2.99. The number of carbonyl (C=O) groups excluding carboxylic acids is 3. The highest BCUT2D eigenvalue weighted by atomic mass is 16.5. The first-order chi connectivity index (χ1) is 14.9. The number of nitrogens with one attached hydrogen (secondary N) is 1. The molecule has 0 radical (unpaired) electrons. The molecule has 1 aliphatic rings. The number of carbonyl (C=O) groups is 3. The molecule has 0 unspecified atom stereocenters. The summed E-state index contributed by atoms with van der Waals surface area (Å²) >= 11 is 0. The lowest BCUT2D eigenvalue weighted by Gasteiger charge is -2.32. The normalized spacial score (nSPS) is 14.2. The van der Waals surface area contributed by atoms with E-state index in [4.69, 9.17) is 4.74 Å². The molecule has 1 saturated heterocycles. The van der Waals surface area contributed by atoms with Gasteiger partial charge in [0.15, 0.2) is 5.78 Å². The van der Waals surface area contributed by atoms with Gasteiger partial charge in [-0.3, -0.25) is 14.4 Å². The van der Waals surface area contributed by atoms with Crippen LogP contribution in [0.5, 0.6) is 5.75 Å². The van der Waals surface area contributed by atoms with Gasteiger partial charge in [-0.1, -0.05) is 29.8 Å². The summed E-state index contributed by atoms with van der Waals surface area (Å²) in [6.07, 6.45) is 0.156. The average molecular weight is 424 g/mol. The molecule has 0 aromatic heterocycles. The van der Waals surface area contributed by atoms with Crippen LogP contribution in [0.4, 0.5) is 5.69 Å². The molecule has 31 heavy (non-hydrogen) atoms. The third kappa shape index (κ3) is 5.92. The van der Waals surface area contributed by atoms with E-state index in [0.717, 1.165) is 18.7 Å². The van der Waals surface area contributed by atoms with Gasteiger partial charge in [-0.05, 0) is 32.2 Å². The molecule has 0 bridgehead atoms. The molecule has 1 heterocycles. The Morgan fingerprint density at radius 2 is 1.58 bits per heavy atom. The Balaban J connectivity index is 1.63. The molecule has 7 nitrogen and oxygen atoms in total. The van der Waals surface area contributed by atoms with E-state index in [1.165, 1.54) is 7.11 Å². The largest absolute Gasteiger partial charge is 0.495 e. The van der Waals surface area contributed by atoms with Crippen LogP contribution >= 0.6 is 0 Å². The fourth-order valence-electron chi connectivity index (χ4n) is 3.45. The van der Waals surface area contributed by atoms with Crippen LogP contribution in [0, 0.1) is 6.92 Å². The van der Waals surface area contributed by atoms with Crippen molar-refractivity contribution in [3.8, 4) is 5.75 Å². The Morgan fingerprint density at radius 3 is 2.23 bits per heavy atom. The Kier molecular flexibility index (Phi) is 7.41. The number of anilines is 1. The Morgan fingerprint density at radius 1 is 0.935 bits per heavy atom. The van der Waals surface area contributed by atoms with Crippen molar-refractivity contribution in [1.82, 2.24) is 9.80 Å². The fourth-order valence-corrected chi connectivity index (χ4v) is 3.45. The maximum absolute atomic E-state index is 12.8. The SMILES string of the molecule is COc1ccc(C(=O)N2CCN(C)CC2)cc1NC(=O)CCC(=O)c1ccc(C)cc1. The van der Waals surface area contributed by atoms with Crippen LogP contribution in [0.2, 0.25) is 0 Å². The number of ether oxygens (including phenoxy) is 1. The number of hydrogen-bond donors (Lipinski definition) is 1. The van der Waals surface area contributed by atoms with Crippen molar-refractivity contribution in [1.29, 1.82) is 0 Å². The number of rotatable bonds is 7. The molecular weight excluding hydrogens is 394 g/mol. The van der Waals surface area contributed by atoms with Gasteiger partial charge in [0.2, 0.25) is 5.91 Å². The van der Waals surface area contributed by atoms with Gasteiger partial charge in [0.05, 0.1) is 12.8 Å². The summed E-state index contributed by atoms with van der Waals surface area (Å²) in [6, 6.07) is 12.3. The average Bonchev–Trinajstić information content (AvgIpc) is 2.78. The number of amides is 2. The molecule has 2 aromatic rings. The van der Waals surface area contributed by atoms with E-state index < -0.39 is 0 Å². The van der Waals surface area contributed by atoms with E-state index >= 15 is 0 Å².